The summed E-state index contributed by atoms with van der Waals surface area (Å²) >= 11 is 0. The van der Waals surface area contributed by atoms with Crippen molar-refractivity contribution in [2.45, 2.75) is 84.3 Å². The molecule has 0 radical (unpaired) electrons. The van der Waals surface area contributed by atoms with Crippen LogP contribution in [0.3, 0.4) is 0 Å². The Morgan fingerprint density at radius 1 is 1.18 bits per heavy atom. The van der Waals surface area contributed by atoms with E-state index in [1.807, 2.05) is 20.8 Å². The second kappa shape index (κ2) is 13.8. The molecule has 2 aliphatic rings. The smallest absolute Gasteiger partial charge is 0.231 e. The maximum atomic E-state index is 14.3. The Morgan fingerprint density at radius 3 is 2.41 bits per heavy atom. The van der Waals surface area contributed by atoms with Crippen LogP contribution in [0.25, 0.3) is 0 Å². The van der Waals surface area contributed by atoms with Crippen LogP contribution < -0.4 is 11.1 Å². The Morgan fingerprint density at radius 2 is 1.85 bits per heavy atom. The van der Waals surface area contributed by atoms with E-state index in [0.29, 0.717) is 32.5 Å². The number of nitrogens with zero attached hydrogens (tertiary/aromatic N) is 1. The van der Waals surface area contributed by atoms with Crippen LogP contribution in [-0.2, 0) is 20.7 Å². The first-order valence-electron chi connectivity index (χ1n) is 14.3. The molecule has 0 aromatic heterocycles. The minimum Gasteiger partial charge on any atom is -0.391 e. The third-order valence-electron chi connectivity index (χ3n) is 8.06. The van der Waals surface area contributed by atoms with Crippen molar-refractivity contribution in [1.82, 2.24) is 10.2 Å². The van der Waals surface area contributed by atoms with Crippen LogP contribution in [0.2, 0.25) is 0 Å². The van der Waals surface area contributed by atoms with E-state index in [0.717, 1.165) is 62.6 Å². The van der Waals surface area contributed by atoms with Gasteiger partial charge >= 0.3 is 0 Å². The molecule has 2 amide bonds. The summed E-state index contributed by atoms with van der Waals surface area (Å²) < 4.78 is 33.8. The highest BCUT2D eigenvalue weighted by molar-refractivity contribution is 5.90. The summed E-state index contributed by atoms with van der Waals surface area (Å²) in [6, 6.07) is 3.03. The first-order valence-corrected chi connectivity index (χ1v) is 14.3. The van der Waals surface area contributed by atoms with Crippen LogP contribution in [-0.4, -0.2) is 66.8 Å². The number of carbonyl (C=O) groups excluding carboxylic acids is 2. The van der Waals surface area contributed by atoms with Crippen molar-refractivity contribution in [2.24, 2.45) is 16.6 Å². The average molecular weight is 550 g/mol. The fourth-order valence-electron chi connectivity index (χ4n) is 6.44. The molecule has 1 aromatic rings. The highest BCUT2D eigenvalue weighted by Gasteiger charge is 2.59. The molecule has 7 nitrogen and oxygen atoms in total. The normalized spacial score (nSPS) is 26.9. The van der Waals surface area contributed by atoms with Gasteiger partial charge in [0.15, 0.2) is 0 Å². The van der Waals surface area contributed by atoms with Crippen molar-refractivity contribution in [1.29, 1.82) is 0 Å². The van der Waals surface area contributed by atoms with Gasteiger partial charge in [-0.2, -0.15) is 0 Å². The number of hydrogen-bond donors (Lipinski definition) is 3. The van der Waals surface area contributed by atoms with E-state index in [-0.39, 0.29) is 30.4 Å². The Kier molecular flexibility index (Phi) is 11.0. The largest absolute Gasteiger partial charge is 0.391 e. The number of rotatable bonds is 14. The standard InChI is InChI=1S/C30H45F2N3O4/c1-4-11-35(12-5-2)28(38)29(9-7-10-34-20-25-8-6-13-39-25)17-21(3)18-30(26(29)36,27(33)37)19-22-14-23(31)16-24(32)15-22/h14-16,18,25-26,34,36H,4-13,17,19-20H2,1-3H3,(H2,33,37)/t25-,26+,29?,30+/m0/s1. The molecule has 4 atom stereocenters. The third kappa shape index (κ3) is 7.24. The summed E-state index contributed by atoms with van der Waals surface area (Å²) in [4.78, 5) is 29.2. The van der Waals surface area contributed by atoms with Gasteiger partial charge in [0.1, 0.15) is 11.6 Å². The number of primary amides is 1. The molecule has 4 N–H and O–H groups in total. The Hall–Kier alpha value is -2.36. The van der Waals surface area contributed by atoms with Gasteiger partial charge in [0.2, 0.25) is 11.8 Å². The van der Waals surface area contributed by atoms with Crippen molar-refractivity contribution in [3.63, 3.8) is 0 Å². The monoisotopic (exact) mass is 549 g/mol. The molecule has 1 saturated heterocycles. The van der Waals surface area contributed by atoms with Crippen LogP contribution in [0.4, 0.5) is 8.78 Å². The van der Waals surface area contributed by atoms with Gasteiger partial charge in [0.25, 0.3) is 0 Å². The van der Waals surface area contributed by atoms with Crippen molar-refractivity contribution in [3.8, 4) is 0 Å². The number of aliphatic hydroxyl groups excluding tert-OH is 1. The maximum Gasteiger partial charge on any atom is 0.231 e. The second-order valence-electron chi connectivity index (χ2n) is 11.3. The van der Waals surface area contributed by atoms with E-state index < -0.39 is 34.5 Å². The van der Waals surface area contributed by atoms with Crippen molar-refractivity contribution in [3.05, 3.63) is 47.0 Å². The minimum absolute atomic E-state index is 0.185. The maximum absolute atomic E-state index is 14.3. The number of halogens is 2. The lowest BCUT2D eigenvalue weighted by Crippen LogP contribution is -2.62. The Balaban J connectivity index is 1.97. The molecule has 1 fully saturated rings. The molecule has 1 aliphatic heterocycles. The van der Waals surface area contributed by atoms with Crippen LogP contribution in [0, 0.1) is 22.5 Å². The first-order chi connectivity index (χ1) is 18.6. The molecule has 3 rings (SSSR count). The van der Waals surface area contributed by atoms with Gasteiger partial charge in [-0.25, -0.2) is 8.78 Å². The molecule has 218 valence electrons. The lowest BCUT2D eigenvalue weighted by molar-refractivity contribution is -0.162. The molecule has 1 aromatic carbocycles. The van der Waals surface area contributed by atoms with Gasteiger partial charge < -0.3 is 25.8 Å². The number of allylic oxidation sites excluding steroid dienone is 1. The predicted octanol–water partition coefficient (Wildman–Crippen LogP) is 3.87. The van der Waals surface area contributed by atoms with Gasteiger partial charge in [-0.05, 0) is 82.5 Å². The quantitative estimate of drug-likeness (QED) is 0.241. The first kappa shape index (κ1) is 31.2. The fraction of sp³-hybridized carbons (Fsp3) is 0.667. The van der Waals surface area contributed by atoms with E-state index in [9.17, 15) is 23.5 Å². The minimum atomic E-state index is -1.70. The molecular formula is C30H45F2N3O4. The van der Waals surface area contributed by atoms with E-state index >= 15 is 0 Å². The summed E-state index contributed by atoms with van der Waals surface area (Å²) in [5.74, 6) is -2.61. The zero-order valence-electron chi connectivity index (χ0n) is 23.6. The predicted molar refractivity (Wildman–Crippen MR) is 147 cm³/mol. The number of nitrogens with two attached hydrogens (primary N) is 1. The highest BCUT2D eigenvalue weighted by Crippen LogP contribution is 2.51. The van der Waals surface area contributed by atoms with Crippen LogP contribution in [0.1, 0.15) is 71.3 Å². The lowest BCUT2D eigenvalue weighted by Gasteiger charge is -2.50. The van der Waals surface area contributed by atoms with Gasteiger partial charge in [-0.1, -0.05) is 25.5 Å². The number of carbonyl (C=O) groups is 2. The molecule has 1 unspecified atom stereocenters. The molecule has 9 heteroatoms. The van der Waals surface area contributed by atoms with Crippen molar-refractivity contribution >= 4 is 11.8 Å². The SMILES string of the molecule is CCCN(CCC)C(=O)C1(CCCNC[C@@H]2CCCO2)CC(C)=C[C@](Cc2cc(F)cc(F)c2)(C(N)=O)[C@@H]1O. The number of nitrogens with one attached hydrogen (secondary N) is 1. The van der Waals surface area contributed by atoms with E-state index in [1.54, 1.807) is 11.0 Å². The van der Waals surface area contributed by atoms with Crippen LogP contribution in [0.5, 0.6) is 0 Å². The van der Waals surface area contributed by atoms with Gasteiger partial charge in [0, 0.05) is 32.3 Å². The summed E-state index contributed by atoms with van der Waals surface area (Å²) in [5, 5.41) is 15.5. The van der Waals surface area contributed by atoms with Crippen molar-refractivity contribution in [2.75, 3.05) is 32.8 Å². The zero-order valence-corrected chi connectivity index (χ0v) is 23.6. The van der Waals surface area contributed by atoms with Crippen LogP contribution >= 0.6 is 0 Å². The average Bonchev–Trinajstić information content (AvgIpc) is 3.38. The third-order valence-corrected chi connectivity index (χ3v) is 8.06. The zero-order chi connectivity index (χ0) is 28.6. The summed E-state index contributed by atoms with van der Waals surface area (Å²) in [7, 11) is 0. The van der Waals surface area contributed by atoms with E-state index in [1.165, 1.54) is 0 Å². The molecule has 39 heavy (non-hydrogen) atoms. The molecule has 0 saturated carbocycles. The molecule has 1 heterocycles. The number of benzene rings is 1. The van der Waals surface area contributed by atoms with Crippen molar-refractivity contribution < 1.29 is 28.2 Å². The molecular weight excluding hydrogens is 504 g/mol. The number of ether oxygens (including phenoxy) is 1. The topological polar surface area (TPSA) is 105 Å². The molecule has 0 bridgehead atoms. The number of amides is 2. The van der Waals surface area contributed by atoms with E-state index in [2.05, 4.69) is 5.32 Å². The number of aliphatic hydroxyl groups is 1. The number of hydrogen-bond acceptors (Lipinski definition) is 5. The summed E-state index contributed by atoms with van der Waals surface area (Å²) in [5.41, 5.74) is 3.88. The Labute approximate surface area is 231 Å². The molecule has 1 aliphatic carbocycles. The lowest BCUT2D eigenvalue weighted by atomic mass is 9.57. The Bertz CT molecular complexity index is 1000. The van der Waals surface area contributed by atoms with Gasteiger partial charge in [-0.15, -0.1) is 0 Å². The molecule has 0 spiro atoms. The fourth-order valence-corrected chi connectivity index (χ4v) is 6.44. The van der Waals surface area contributed by atoms with E-state index in [4.69, 9.17) is 10.5 Å². The van der Waals surface area contributed by atoms with Gasteiger partial charge in [-0.3, -0.25) is 9.59 Å². The summed E-state index contributed by atoms with van der Waals surface area (Å²) in [6.07, 6.45) is 4.85. The summed E-state index contributed by atoms with van der Waals surface area (Å²) in [6.45, 7) is 8.97. The second-order valence-corrected chi connectivity index (χ2v) is 11.3. The van der Waals surface area contributed by atoms with Crippen LogP contribution in [0.15, 0.2) is 29.8 Å². The van der Waals surface area contributed by atoms with Gasteiger partial charge in [0.05, 0.1) is 23.0 Å². The highest BCUT2D eigenvalue weighted by atomic mass is 19.1.